The Kier molecular flexibility index (Phi) is 3.22. The van der Waals surface area contributed by atoms with E-state index < -0.39 is 0 Å². The maximum atomic E-state index is 12.3. The number of aryl methyl sites for hydroxylation is 2. The first-order chi connectivity index (χ1) is 8.00. The maximum absolute atomic E-state index is 12.3. The molecule has 2 aromatic rings. The number of ketones is 1. The molecule has 0 radical (unpaired) electrons. The van der Waals surface area contributed by atoms with Crippen LogP contribution < -0.4 is 0 Å². The molecule has 0 atom stereocenters. The molecule has 1 aromatic carbocycles. The Labute approximate surface area is 109 Å². The van der Waals surface area contributed by atoms with Crippen molar-refractivity contribution in [2.75, 3.05) is 0 Å². The van der Waals surface area contributed by atoms with Gasteiger partial charge < -0.3 is 0 Å². The average molecular weight is 269 g/mol. The standard InChI is InChI=1S/C12H10Cl2N2O/c1-7-3-4-8(13)5-9(7)12(17)11-10(14)6-15-16(11)2/h3-6H,1-2H3. The molecule has 0 saturated carbocycles. The highest BCUT2D eigenvalue weighted by Crippen LogP contribution is 2.22. The van der Waals surface area contributed by atoms with Gasteiger partial charge in [-0.05, 0) is 24.6 Å². The van der Waals surface area contributed by atoms with Crippen LogP contribution in [-0.4, -0.2) is 15.6 Å². The van der Waals surface area contributed by atoms with Crippen LogP contribution in [0.5, 0.6) is 0 Å². The molecule has 2 rings (SSSR count). The summed E-state index contributed by atoms with van der Waals surface area (Å²) >= 11 is 11.8. The summed E-state index contributed by atoms with van der Waals surface area (Å²) in [4.78, 5) is 12.3. The fourth-order valence-corrected chi connectivity index (χ4v) is 2.06. The lowest BCUT2D eigenvalue weighted by molar-refractivity contribution is 0.103. The summed E-state index contributed by atoms with van der Waals surface area (Å²) in [5.74, 6) is -0.171. The van der Waals surface area contributed by atoms with Crippen molar-refractivity contribution in [1.82, 2.24) is 9.78 Å². The van der Waals surface area contributed by atoms with Crippen LogP contribution in [0.25, 0.3) is 0 Å². The zero-order chi connectivity index (χ0) is 12.6. The summed E-state index contributed by atoms with van der Waals surface area (Å²) in [5.41, 5.74) is 1.77. The SMILES string of the molecule is Cc1ccc(Cl)cc1C(=O)c1c(Cl)cnn1C. The zero-order valence-corrected chi connectivity index (χ0v) is 10.9. The lowest BCUT2D eigenvalue weighted by Crippen LogP contribution is -2.10. The summed E-state index contributed by atoms with van der Waals surface area (Å²) < 4.78 is 1.46. The highest BCUT2D eigenvalue weighted by Gasteiger charge is 2.19. The minimum absolute atomic E-state index is 0.171. The normalized spacial score (nSPS) is 10.6. The van der Waals surface area contributed by atoms with Gasteiger partial charge in [0.25, 0.3) is 0 Å². The van der Waals surface area contributed by atoms with Gasteiger partial charge >= 0.3 is 0 Å². The Balaban J connectivity index is 2.55. The van der Waals surface area contributed by atoms with Crippen LogP contribution in [0.2, 0.25) is 10.0 Å². The number of carbonyl (C=O) groups excluding carboxylic acids is 1. The average Bonchev–Trinajstić information content (AvgIpc) is 2.61. The lowest BCUT2D eigenvalue weighted by atomic mass is 10.0. The Morgan fingerprint density at radius 2 is 2.06 bits per heavy atom. The van der Waals surface area contributed by atoms with Crippen LogP contribution in [0.4, 0.5) is 0 Å². The molecule has 0 fully saturated rings. The van der Waals surface area contributed by atoms with E-state index in [1.165, 1.54) is 10.9 Å². The first kappa shape index (κ1) is 12.1. The number of carbonyl (C=O) groups is 1. The molecule has 0 unspecified atom stereocenters. The van der Waals surface area contributed by atoms with Gasteiger partial charge in [-0.1, -0.05) is 29.3 Å². The second kappa shape index (κ2) is 4.51. The topological polar surface area (TPSA) is 34.9 Å². The minimum atomic E-state index is -0.171. The van der Waals surface area contributed by atoms with Crippen molar-refractivity contribution < 1.29 is 4.79 Å². The van der Waals surface area contributed by atoms with E-state index in [2.05, 4.69) is 5.10 Å². The molecule has 0 aliphatic heterocycles. The first-order valence-corrected chi connectivity index (χ1v) is 5.74. The summed E-state index contributed by atoms with van der Waals surface area (Å²) in [6.45, 7) is 1.85. The van der Waals surface area contributed by atoms with Crippen molar-refractivity contribution in [1.29, 1.82) is 0 Å². The maximum Gasteiger partial charge on any atom is 0.212 e. The summed E-state index contributed by atoms with van der Waals surface area (Å²) in [6, 6.07) is 5.20. The molecular weight excluding hydrogens is 259 g/mol. The Morgan fingerprint density at radius 3 is 2.65 bits per heavy atom. The van der Waals surface area contributed by atoms with Crippen molar-refractivity contribution in [3.63, 3.8) is 0 Å². The van der Waals surface area contributed by atoms with Gasteiger partial charge in [-0.2, -0.15) is 5.10 Å². The van der Waals surface area contributed by atoms with E-state index in [4.69, 9.17) is 23.2 Å². The number of benzene rings is 1. The van der Waals surface area contributed by atoms with E-state index >= 15 is 0 Å². The van der Waals surface area contributed by atoms with E-state index in [1.807, 2.05) is 6.92 Å². The van der Waals surface area contributed by atoms with Crippen LogP contribution in [0.3, 0.4) is 0 Å². The van der Waals surface area contributed by atoms with E-state index in [-0.39, 0.29) is 5.78 Å². The van der Waals surface area contributed by atoms with Crippen LogP contribution in [0, 0.1) is 6.92 Å². The molecule has 0 amide bonds. The van der Waals surface area contributed by atoms with E-state index in [1.54, 1.807) is 25.2 Å². The van der Waals surface area contributed by atoms with Gasteiger partial charge in [-0.15, -0.1) is 0 Å². The van der Waals surface area contributed by atoms with Gasteiger partial charge in [-0.25, -0.2) is 0 Å². The third kappa shape index (κ3) is 2.21. The van der Waals surface area contributed by atoms with Crippen molar-refractivity contribution in [2.45, 2.75) is 6.92 Å². The number of nitrogens with zero attached hydrogens (tertiary/aromatic N) is 2. The molecule has 0 aliphatic rings. The molecule has 1 heterocycles. The largest absolute Gasteiger partial charge is 0.287 e. The molecule has 0 aliphatic carbocycles. The van der Waals surface area contributed by atoms with Crippen LogP contribution in [0.15, 0.2) is 24.4 Å². The van der Waals surface area contributed by atoms with E-state index in [9.17, 15) is 4.79 Å². The van der Waals surface area contributed by atoms with Crippen molar-refractivity contribution in [3.8, 4) is 0 Å². The summed E-state index contributed by atoms with van der Waals surface area (Å²) in [5, 5.41) is 4.82. The minimum Gasteiger partial charge on any atom is -0.287 e. The molecule has 88 valence electrons. The number of halogens is 2. The predicted molar refractivity (Wildman–Crippen MR) is 67.8 cm³/mol. The zero-order valence-electron chi connectivity index (χ0n) is 9.37. The monoisotopic (exact) mass is 268 g/mol. The fraction of sp³-hybridized carbons (Fsp3) is 0.167. The lowest BCUT2D eigenvalue weighted by Gasteiger charge is -2.06. The first-order valence-electron chi connectivity index (χ1n) is 4.99. The highest BCUT2D eigenvalue weighted by molar-refractivity contribution is 6.35. The number of hydrogen-bond donors (Lipinski definition) is 0. The van der Waals surface area contributed by atoms with Crippen LogP contribution in [0.1, 0.15) is 21.6 Å². The van der Waals surface area contributed by atoms with Gasteiger partial charge in [0.2, 0.25) is 5.78 Å². The molecule has 0 bridgehead atoms. The molecule has 0 saturated heterocycles. The summed E-state index contributed by atoms with van der Waals surface area (Å²) in [7, 11) is 1.68. The van der Waals surface area contributed by atoms with Crippen molar-refractivity contribution in [3.05, 3.63) is 51.3 Å². The second-order valence-electron chi connectivity index (χ2n) is 3.75. The number of hydrogen-bond acceptors (Lipinski definition) is 2. The number of rotatable bonds is 2. The van der Waals surface area contributed by atoms with E-state index in [0.717, 1.165) is 5.56 Å². The van der Waals surface area contributed by atoms with Gasteiger partial charge in [0.15, 0.2) is 0 Å². The molecule has 1 aromatic heterocycles. The highest BCUT2D eigenvalue weighted by atomic mass is 35.5. The fourth-order valence-electron chi connectivity index (χ4n) is 1.63. The van der Waals surface area contributed by atoms with Crippen LogP contribution >= 0.6 is 23.2 Å². The van der Waals surface area contributed by atoms with Crippen molar-refractivity contribution in [2.24, 2.45) is 7.05 Å². The quantitative estimate of drug-likeness (QED) is 0.784. The van der Waals surface area contributed by atoms with Gasteiger partial charge in [0.1, 0.15) is 5.69 Å². The second-order valence-corrected chi connectivity index (χ2v) is 4.60. The molecular formula is C12H10Cl2N2O. The Morgan fingerprint density at radius 1 is 1.35 bits per heavy atom. The summed E-state index contributed by atoms with van der Waals surface area (Å²) in [6.07, 6.45) is 1.45. The molecule has 3 nitrogen and oxygen atoms in total. The third-order valence-corrected chi connectivity index (χ3v) is 3.07. The Bertz CT molecular complexity index is 571. The smallest absolute Gasteiger partial charge is 0.212 e. The predicted octanol–water partition coefficient (Wildman–Crippen LogP) is 3.27. The van der Waals surface area contributed by atoms with Crippen molar-refractivity contribution >= 4 is 29.0 Å². The van der Waals surface area contributed by atoms with Crippen LogP contribution in [-0.2, 0) is 7.05 Å². The molecule has 0 spiro atoms. The third-order valence-electron chi connectivity index (χ3n) is 2.55. The molecule has 17 heavy (non-hydrogen) atoms. The van der Waals surface area contributed by atoms with Gasteiger partial charge in [0.05, 0.1) is 11.2 Å². The van der Waals surface area contributed by atoms with E-state index in [0.29, 0.717) is 21.3 Å². The molecule has 0 N–H and O–H groups in total. The van der Waals surface area contributed by atoms with Gasteiger partial charge in [-0.3, -0.25) is 9.48 Å². The Hall–Kier alpha value is -1.32. The number of aromatic nitrogens is 2. The van der Waals surface area contributed by atoms with Gasteiger partial charge in [0, 0.05) is 17.6 Å². The molecule has 5 heteroatoms.